The van der Waals surface area contributed by atoms with Crippen LogP contribution >= 0.6 is 0 Å². The number of piperazine rings is 1. The van der Waals surface area contributed by atoms with Gasteiger partial charge in [-0.05, 0) is 30.2 Å². The van der Waals surface area contributed by atoms with Crippen molar-refractivity contribution in [3.05, 3.63) is 54.1 Å². The first-order valence-electron chi connectivity index (χ1n) is 10.4. The number of nitrogens with one attached hydrogen (secondary N) is 1. The number of hydrogen-bond donors (Lipinski definition) is 1. The van der Waals surface area contributed by atoms with Gasteiger partial charge in [0.05, 0.1) is 19.3 Å². The maximum absolute atomic E-state index is 12.8. The van der Waals surface area contributed by atoms with Crippen molar-refractivity contribution in [2.75, 3.05) is 63.2 Å². The number of benzene rings is 2. The number of ether oxygens (including phenoxy) is 1. The van der Waals surface area contributed by atoms with E-state index in [1.807, 2.05) is 41.3 Å². The summed E-state index contributed by atoms with van der Waals surface area (Å²) in [6.45, 7) is 4.39. The molecule has 2 aliphatic rings. The van der Waals surface area contributed by atoms with Gasteiger partial charge in [-0.3, -0.25) is 9.79 Å². The molecule has 1 amide bonds. The van der Waals surface area contributed by atoms with E-state index >= 15 is 0 Å². The molecule has 2 aromatic rings. The maximum atomic E-state index is 12.8. The number of carbonyl (C=O) groups is 1. The summed E-state index contributed by atoms with van der Waals surface area (Å²) in [4.78, 5) is 23.6. The van der Waals surface area contributed by atoms with E-state index in [9.17, 15) is 4.79 Å². The van der Waals surface area contributed by atoms with Crippen LogP contribution in [0.25, 0.3) is 0 Å². The highest BCUT2D eigenvalue weighted by atomic mass is 16.5. The molecule has 0 aromatic heterocycles. The van der Waals surface area contributed by atoms with Crippen molar-refractivity contribution in [3.63, 3.8) is 0 Å². The minimum absolute atomic E-state index is 0.0776. The average molecular weight is 408 g/mol. The number of carbonyl (C=O) groups excluding carboxylic acids is 1. The van der Waals surface area contributed by atoms with Gasteiger partial charge in [0.2, 0.25) is 5.91 Å². The fraction of sp³-hybridized carbons (Fsp3) is 0.391. The van der Waals surface area contributed by atoms with Gasteiger partial charge in [0.1, 0.15) is 5.75 Å². The normalized spacial score (nSPS) is 16.5. The Kier molecular flexibility index (Phi) is 6.07. The van der Waals surface area contributed by atoms with Gasteiger partial charge in [-0.2, -0.15) is 0 Å². The van der Waals surface area contributed by atoms with Gasteiger partial charge in [0.25, 0.3) is 0 Å². The Bertz CT molecular complexity index is 921. The molecule has 2 aromatic carbocycles. The SMILES string of the molecule is CN=C(NCC(=O)N1CCc2ccccc21)N1CCN(c2ccccc2OC)CC1. The van der Waals surface area contributed by atoms with Crippen LogP contribution in [0.3, 0.4) is 0 Å². The van der Waals surface area contributed by atoms with E-state index in [4.69, 9.17) is 4.74 Å². The van der Waals surface area contributed by atoms with Gasteiger partial charge in [0, 0.05) is 45.5 Å². The Labute approximate surface area is 177 Å². The minimum atomic E-state index is 0.0776. The maximum Gasteiger partial charge on any atom is 0.246 e. The lowest BCUT2D eigenvalue weighted by Gasteiger charge is -2.38. The number of aliphatic imine (C=N–C) groups is 1. The molecular weight excluding hydrogens is 378 g/mol. The van der Waals surface area contributed by atoms with E-state index in [0.29, 0.717) is 0 Å². The third-order valence-corrected chi connectivity index (χ3v) is 5.80. The fourth-order valence-corrected chi connectivity index (χ4v) is 4.23. The van der Waals surface area contributed by atoms with Crippen molar-refractivity contribution in [2.45, 2.75) is 6.42 Å². The predicted octanol–water partition coefficient (Wildman–Crippen LogP) is 1.98. The van der Waals surface area contributed by atoms with Crippen molar-refractivity contribution < 1.29 is 9.53 Å². The summed E-state index contributed by atoms with van der Waals surface area (Å²) in [5.41, 5.74) is 3.39. The molecule has 7 nitrogen and oxygen atoms in total. The second kappa shape index (κ2) is 9.07. The molecule has 158 valence electrons. The first-order valence-corrected chi connectivity index (χ1v) is 10.4. The third kappa shape index (κ3) is 4.06. The largest absolute Gasteiger partial charge is 0.495 e. The fourth-order valence-electron chi connectivity index (χ4n) is 4.23. The average Bonchev–Trinajstić information content (AvgIpc) is 3.24. The quantitative estimate of drug-likeness (QED) is 0.620. The highest BCUT2D eigenvalue weighted by molar-refractivity contribution is 5.98. The number of amides is 1. The molecule has 0 saturated carbocycles. The molecule has 30 heavy (non-hydrogen) atoms. The summed E-state index contributed by atoms with van der Waals surface area (Å²) in [5, 5.41) is 3.27. The molecule has 1 fully saturated rings. The number of anilines is 2. The van der Waals surface area contributed by atoms with Crippen LogP contribution in [0.15, 0.2) is 53.5 Å². The van der Waals surface area contributed by atoms with Crippen LogP contribution in [-0.4, -0.2) is 70.2 Å². The van der Waals surface area contributed by atoms with E-state index in [0.717, 1.165) is 62.2 Å². The molecule has 0 radical (unpaired) electrons. The zero-order chi connectivity index (χ0) is 20.9. The Morgan fingerprint density at radius 1 is 1.00 bits per heavy atom. The van der Waals surface area contributed by atoms with Crippen LogP contribution in [0.5, 0.6) is 5.75 Å². The number of para-hydroxylation sites is 3. The number of rotatable bonds is 4. The first kappa shape index (κ1) is 20.1. The second-order valence-corrected chi connectivity index (χ2v) is 7.47. The standard InChI is InChI=1S/C23H29N5O2/c1-24-23(25-17-22(29)28-12-11-18-7-3-4-8-19(18)28)27-15-13-26(14-16-27)20-9-5-6-10-21(20)30-2/h3-10H,11-17H2,1-2H3,(H,24,25). The lowest BCUT2D eigenvalue weighted by atomic mass is 10.2. The van der Waals surface area contributed by atoms with Crippen LogP contribution < -0.4 is 19.9 Å². The van der Waals surface area contributed by atoms with Gasteiger partial charge < -0.3 is 24.8 Å². The Hall–Kier alpha value is -3.22. The molecule has 0 bridgehead atoms. The summed E-state index contributed by atoms with van der Waals surface area (Å²) >= 11 is 0. The molecule has 2 heterocycles. The Balaban J connectivity index is 1.32. The highest BCUT2D eigenvalue weighted by Gasteiger charge is 2.25. The van der Waals surface area contributed by atoms with Gasteiger partial charge in [-0.15, -0.1) is 0 Å². The van der Waals surface area contributed by atoms with Crippen LogP contribution in [0.2, 0.25) is 0 Å². The van der Waals surface area contributed by atoms with E-state index in [2.05, 4.69) is 32.2 Å². The molecule has 2 aliphatic heterocycles. The van der Waals surface area contributed by atoms with Crippen molar-refractivity contribution in [1.82, 2.24) is 10.2 Å². The second-order valence-electron chi connectivity index (χ2n) is 7.47. The number of guanidine groups is 1. The molecule has 0 aliphatic carbocycles. The summed E-state index contributed by atoms with van der Waals surface area (Å²) in [5.74, 6) is 1.74. The smallest absolute Gasteiger partial charge is 0.246 e. The van der Waals surface area contributed by atoms with E-state index in [1.165, 1.54) is 5.56 Å². The lowest BCUT2D eigenvalue weighted by Crippen LogP contribution is -2.54. The topological polar surface area (TPSA) is 60.4 Å². The van der Waals surface area contributed by atoms with Gasteiger partial charge in [0.15, 0.2) is 5.96 Å². The minimum Gasteiger partial charge on any atom is -0.495 e. The van der Waals surface area contributed by atoms with Gasteiger partial charge in [-0.1, -0.05) is 30.3 Å². The van der Waals surface area contributed by atoms with Crippen LogP contribution in [0.1, 0.15) is 5.56 Å². The van der Waals surface area contributed by atoms with Crippen molar-refractivity contribution in [3.8, 4) is 5.75 Å². The molecule has 7 heteroatoms. The zero-order valence-corrected chi connectivity index (χ0v) is 17.7. The zero-order valence-electron chi connectivity index (χ0n) is 17.7. The predicted molar refractivity (Wildman–Crippen MR) is 121 cm³/mol. The molecular formula is C23H29N5O2. The first-order chi connectivity index (χ1) is 14.7. The van der Waals surface area contributed by atoms with Crippen LogP contribution in [0.4, 0.5) is 11.4 Å². The summed E-state index contributed by atoms with van der Waals surface area (Å²) < 4.78 is 5.50. The van der Waals surface area contributed by atoms with Crippen LogP contribution in [0, 0.1) is 0 Å². The van der Waals surface area contributed by atoms with E-state index in [-0.39, 0.29) is 12.5 Å². The van der Waals surface area contributed by atoms with Crippen molar-refractivity contribution in [1.29, 1.82) is 0 Å². The number of methoxy groups -OCH3 is 1. The molecule has 1 N–H and O–H groups in total. The lowest BCUT2D eigenvalue weighted by molar-refractivity contribution is -0.117. The number of hydrogen-bond acceptors (Lipinski definition) is 4. The Morgan fingerprint density at radius 3 is 2.43 bits per heavy atom. The van der Waals surface area contributed by atoms with E-state index < -0.39 is 0 Å². The molecule has 0 unspecified atom stereocenters. The summed E-state index contributed by atoms with van der Waals surface area (Å²) in [6.07, 6.45) is 0.918. The monoisotopic (exact) mass is 407 g/mol. The van der Waals surface area contributed by atoms with Crippen molar-refractivity contribution in [2.24, 2.45) is 4.99 Å². The van der Waals surface area contributed by atoms with Crippen LogP contribution in [-0.2, 0) is 11.2 Å². The third-order valence-electron chi connectivity index (χ3n) is 5.80. The summed E-state index contributed by atoms with van der Waals surface area (Å²) in [7, 11) is 3.47. The van der Waals surface area contributed by atoms with Crippen molar-refractivity contribution >= 4 is 23.2 Å². The molecule has 4 rings (SSSR count). The highest BCUT2D eigenvalue weighted by Crippen LogP contribution is 2.29. The molecule has 1 saturated heterocycles. The molecule has 0 atom stereocenters. The number of nitrogens with zero attached hydrogens (tertiary/aromatic N) is 4. The molecule has 0 spiro atoms. The van der Waals surface area contributed by atoms with Gasteiger partial charge >= 0.3 is 0 Å². The number of fused-ring (bicyclic) bond motifs is 1. The summed E-state index contributed by atoms with van der Waals surface area (Å²) in [6, 6.07) is 16.2. The van der Waals surface area contributed by atoms with Gasteiger partial charge in [-0.25, -0.2) is 0 Å². The van der Waals surface area contributed by atoms with E-state index in [1.54, 1.807) is 14.2 Å². The Morgan fingerprint density at radius 2 is 1.70 bits per heavy atom.